The summed E-state index contributed by atoms with van der Waals surface area (Å²) in [5.74, 6) is -3.12. The standard InChI is InChI=1S/C14H16O7/c1-18-12(15)9(7-10-5-4-6-21-10)8-11(13(16)19-2)14(17)20-3/h4-7,11H,8H2,1-3H3/b9-7+. The molecule has 1 aromatic rings. The molecule has 1 rings (SSSR count). The molecule has 7 heteroatoms. The highest BCUT2D eigenvalue weighted by atomic mass is 16.5. The highest BCUT2D eigenvalue weighted by Crippen LogP contribution is 2.19. The third kappa shape index (κ3) is 4.48. The van der Waals surface area contributed by atoms with Gasteiger partial charge in [0.15, 0.2) is 5.92 Å². The molecule has 0 aliphatic heterocycles. The van der Waals surface area contributed by atoms with Gasteiger partial charge in [-0.2, -0.15) is 0 Å². The number of carbonyl (C=O) groups is 3. The number of rotatable bonds is 6. The lowest BCUT2D eigenvalue weighted by Crippen LogP contribution is -2.28. The SMILES string of the molecule is COC(=O)/C(=C/c1ccco1)CC(C(=O)OC)C(=O)OC. The summed E-state index contributed by atoms with van der Waals surface area (Å²) in [7, 11) is 3.49. The van der Waals surface area contributed by atoms with E-state index in [1.807, 2.05) is 0 Å². The summed E-state index contributed by atoms with van der Waals surface area (Å²) in [6.07, 6.45) is 2.61. The molecule has 0 bridgehead atoms. The van der Waals surface area contributed by atoms with Crippen LogP contribution < -0.4 is 0 Å². The van der Waals surface area contributed by atoms with E-state index >= 15 is 0 Å². The van der Waals surface area contributed by atoms with Crippen LogP contribution in [0.1, 0.15) is 12.2 Å². The minimum absolute atomic E-state index is 0.0910. The fourth-order valence-electron chi connectivity index (χ4n) is 1.64. The smallest absolute Gasteiger partial charge is 0.333 e. The molecule has 0 atom stereocenters. The van der Waals surface area contributed by atoms with E-state index < -0.39 is 23.8 Å². The lowest BCUT2D eigenvalue weighted by atomic mass is 9.98. The Morgan fingerprint density at radius 2 is 1.76 bits per heavy atom. The van der Waals surface area contributed by atoms with Crippen molar-refractivity contribution in [2.75, 3.05) is 21.3 Å². The Morgan fingerprint density at radius 1 is 1.14 bits per heavy atom. The van der Waals surface area contributed by atoms with Crippen molar-refractivity contribution in [3.05, 3.63) is 29.7 Å². The van der Waals surface area contributed by atoms with Crippen molar-refractivity contribution < 1.29 is 33.0 Å². The average molecular weight is 296 g/mol. The first-order valence-corrected chi connectivity index (χ1v) is 6.01. The maximum atomic E-state index is 11.8. The molecule has 0 unspecified atom stereocenters. The Kier molecular flexibility index (Phi) is 6.19. The fourth-order valence-corrected chi connectivity index (χ4v) is 1.64. The lowest BCUT2D eigenvalue weighted by molar-refractivity contribution is -0.158. The average Bonchev–Trinajstić information content (AvgIpc) is 3.01. The summed E-state index contributed by atoms with van der Waals surface area (Å²) < 4.78 is 18.8. The Morgan fingerprint density at radius 3 is 2.19 bits per heavy atom. The van der Waals surface area contributed by atoms with Gasteiger partial charge in [-0.1, -0.05) is 0 Å². The zero-order valence-electron chi connectivity index (χ0n) is 12.0. The monoisotopic (exact) mass is 296 g/mol. The highest BCUT2D eigenvalue weighted by Gasteiger charge is 2.31. The largest absolute Gasteiger partial charge is 0.468 e. The predicted molar refractivity (Wildman–Crippen MR) is 70.8 cm³/mol. The number of hydrogen-bond donors (Lipinski definition) is 0. The number of methoxy groups -OCH3 is 3. The van der Waals surface area contributed by atoms with Gasteiger partial charge in [-0.3, -0.25) is 9.59 Å². The van der Waals surface area contributed by atoms with E-state index in [1.54, 1.807) is 12.1 Å². The van der Waals surface area contributed by atoms with Crippen molar-refractivity contribution in [1.82, 2.24) is 0 Å². The molecule has 0 spiro atoms. The first kappa shape index (κ1) is 16.5. The third-order valence-electron chi connectivity index (χ3n) is 2.70. The van der Waals surface area contributed by atoms with E-state index in [-0.39, 0.29) is 12.0 Å². The molecule has 0 radical (unpaired) electrons. The molecule has 7 nitrogen and oxygen atoms in total. The van der Waals surface area contributed by atoms with Crippen molar-refractivity contribution in [3.8, 4) is 0 Å². The van der Waals surface area contributed by atoms with E-state index in [2.05, 4.69) is 14.2 Å². The Balaban J connectivity index is 3.06. The van der Waals surface area contributed by atoms with Crippen molar-refractivity contribution in [2.45, 2.75) is 6.42 Å². The second kappa shape index (κ2) is 7.88. The van der Waals surface area contributed by atoms with Gasteiger partial charge in [0.25, 0.3) is 0 Å². The van der Waals surface area contributed by atoms with Gasteiger partial charge < -0.3 is 18.6 Å². The van der Waals surface area contributed by atoms with Crippen LogP contribution in [0.15, 0.2) is 28.4 Å². The number of hydrogen-bond acceptors (Lipinski definition) is 7. The molecule has 0 aliphatic carbocycles. The van der Waals surface area contributed by atoms with Crippen LogP contribution >= 0.6 is 0 Å². The van der Waals surface area contributed by atoms with Crippen LogP contribution in [0.3, 0.4) is 0 Å². The Hall–Kier alpha value is -2.57. The zero-order valence-corrected chi connectivity index (χ0v) is 12.0. The highest BCUT2D eigenvalue weighted by molar-refractivity contribution is 5.99. The van der Waals surface area contributed by atoms with Crippen LogP contribution in [0.25, 0.3) is 6.08 Å². The van der Waals surface area contributed by atoms with Gasteiger partial charge in [0.05, 0.1) is 27.6 Å². The molecule has 0 aromatic carbocycles. The van der Waals surface area contributed by atoms with Crippen LogP contribution in [-0.2, 0) is 28.6 Å². The molecular formula is C14H16O7. The lowest BCUT2D eigenvalue weighted by Gasteiger charge is -2.13. The summed E-state index contributed by atoms with van der Waals surface area (Å²) in [6.45, 7) is 0. The molecule has 0 saturated carbocycles. The summed E-state index contributed by atoms with van der Waals surface area (Å²) >= 11 is 0. The van der Waals surface area contributed by atoms with E-state index in [1.165, 1.54) is 19.4 Å². The Bertz CT molecular complexity index is 512. The number of esters is 3. The Labute approximate surface area is 121 Å². The topological polar surface area (TPSA) is 92.0 Å². The van der Waals surface area contributed by atoms with Gasteiger partial charge >= 0.3 is 17.9 Å². The summed E-state index contributed by atoms with van der Waals surface area (Å²) in [5.41, 5.74) is 0.0910. The molecule has 0 saturated heterocycles. The predicted octanol–water partition coefficient (Wildman–Crippen LogP) is 1.19. The van der Waals surface area contributed by atoms with Gasteiger partial charge in [-0.15, -0.1) is 0 Å². The molecule has 0 N–H and O–H groups in total. The molecule has 1 heterocycles. The van der Waals surface area contributed by atoms with Gasteiger partial charge in [0.2, 0.25) is 0 Å². The van der Waals surface area contributed by atoms with E-state index in [0.717, 1.165) is 14.2 Å². The first-order valence-electron chi connectivity index (χ1n) is 6.01. The minimum Gasteiger partial charge on any atom is -0.468 e. The molecule has 114 valence electrons. The molecule has 0 fully saturated rings. The van der Waals surface area contributed by atoms with Crippen LogP contribution in [0, 0.1) is 5.92 Å². The van der Waals surface area contributed by atoms with Crippen LogP contribution in [0.4, 0.5) is 0 Å². The zero-order chi connectivity index (χ0) is 15.8. The van der Waals surface area contributed by atoms with E-state index in [0.29, 0.717) is 5.76 Å². The number of ether oxygens (including phenoxy) is 3. The maximum Gasteiger partial charge on any atom is 0.333 e. The molecule has 1 aromatic heterocycles. The first-order chi connectivity index (χ1) is 10.0. The normalized spacial score (nSPS) is 11.1. The third-order valence-corrected chi connectivity index (χ3v) is 2.70. The van der Waals surface area contributed by atoms with Gasteiger partial charge in [0.1, 0.15) is 5.76 Å². The minimum atomic E-state index is -1.25. The summed E-state index contributed by atoms with van der Waals surface area (Å²) in [4.78, 5) is 35.0. The second-order valence-corrected chi connectivity index (χ2v) is 3.98. The molecule has 21 heavy (non-hydrogen) atoms. The molecular weight excluding hydrogens is 280 g/mol. The van der Waals surface area contributed by atoms with E-state index in [9.17, 15) is 14.4 Å². The van der Waals surface area contributed by atoms with Crippen molar-refractivity contribution >= 4 is 24.0 Å². The number of furan rings is 1. The van der Waals surface area contributed by atoms with Gasteiger partial charge in [-0.25, -0.2) is 4.79 Å². The van der Waals surface area contributed by atoms with Crippen molar-refractivity contribution in [1.29, 1.82) is 0 Å². The summed E-state index contributed by atoms with van der Waals surface area (Å²) in [6, 6.07) is 3.26. The van der Waals surface area contributed by atoms with Crippen LogP contribution in [0.2, 0.25) is 0 Å². The maximum absolute atomic E-state index is 11.8. The van der Waals surface area contributed by atoms with Crippen LogP contribution in [0.5, 0.6) is 0 Å². The van der Waals surface area contributed by atoms with Crippen molar-refractivity contribution in [3.63, 3.8) is 0 Å². The van der Waals surface area contributed by atoms with Gasteiger partial charge in [0, 0.05) is 12.0 Å². The molecule has 0 amide bonds. The second-order valence-electron chi connectivity index (χ2n) is 3.98. The van der Waals surface area contributed by atoms with E-state index in [4.69, 9.17) is 4.42 Å². The number of carbonyl (C=O) groups excluding carboxylic acids is 3. The quantitative estimate of drug-likeness (QED) is 0.337. The molecule has 0 aliphatic rings. The van der Waals surface area contributed by atoms with Crippen molar-refractivity contribution in [2.24, 2.45) is 5.92 Å². The summed E-state index contributed by atoms with van der Waals surface area (Å²) in [5, 5.41) is 0. The van der Waals surface area contributed by atoms with Crippen LogP contribution in [-0.4, -0.2) is 39.2 Å². The fraction of sp³-hybridized carbons (Fsp3) is 0.357. The van der Waals surface area contributed by atoms with Gasteiger partial charge in [-0.05, 0) is 18.2 Å².